The van der Waals surface area contributed by atoms with Crippen LogP contribution in [0.3, 0.4) is 0 Å². The molecule has 318 valence electrons. The second kappa shape index (κ2) is 14.5. The van der Waals surface area contributed by atoms with Crippen LogP contribution < -0.4 is 20.4 Å². The number of hydrogen-bond donors (Lipinski definition) is 3. The number of piperidine rings is 1. The van der Waals surface area contributed by atoms with Crippen molar-refractivity contribution in [2.75, 3.05) is 36.0 Å². The summed E-state index contributed by atoms with van der Waals surface area (Å²) in [5.74, 6) is -1.44. The van der Waals surface area contributed by atoms with E-state index in [1.54, 1.807) is 17.9 Å². The number of anilines is 2. The minimum Gasteiger partial charge on any atom is -0.369 e. The highest BCUT2D eigenvalue weighted by atomic mass is 19.1. The molecule has 2 atom stereocenters. The van der Waals surface area contributed by atoms with Crippen LogP contribution in [-0.4, -0.2) is 85.8 Å². The topological polar surface area (TPSA) is 183 Å². The lowest BCUT2D eigenvalue weighted by atomic mass is 9.96. The monoisotopic (exact) mass is 838 g/mol. The van der Waals surface area contributed by atoms with Crippen molar-refractivity contribution in [3.05, 3.63) is 94.6 Å². The first-order chi connectivity index (χ1) is 29.7. The Morgan fingerprint density at radius 3 is 2.55 bits per heavy atom. The summed E-state index contributed by atoms with van der Waals surface area (Å²) in [6.45, 7) is 13.4. The van der Waals surface area contributed by atoms with Gasteiger partial charge in [-0.3, -0.25) is 34.3 Å². The molecule has 10 rings (SSSR count). The van der Waals surface area contributed by atoms with E-state index < -0.39 is 40.5 Å². The van der Waals surface area contributed by atoms with Crippen molar-refractivity contribution >= 4 is 56.9 Å². The number of aromatic nitrogens is 5. The van der Waals surface area contributed by atoms with Gasteiger partial charge in [-0.2, -0.15) is 4.98 Å². The average Bonchev–Trinajstić information content (AvgIpc) is 3.60. The summed E-state index contributed by atoms with van der Waals surface area (Å²) in [5.41, 5.74) is 6.65. The fraction of sp³-hybridized carbons (Fsp3) is 0.391. The molecule has 2 saturated heterocycles. The molecule has 1 unspecified atom stereocenters. The summed E-state index contributed by atoms with van der Waals surface area (Å²) in [7, 11) is 0. The number of aryl methyl sites for hydroxylation is 1. The highest BCUT2D eigenvalue weighted by Crippen LogP contribution is 2.58. The molecule has 4 aliphatic rings. The molecule has 3 N–H and O–H groups in total. The molecule has 62 heavy (non-hydrogen) atoms. The van der Waals surface area contributed by atoms with Gasteiger partial charge in [0.25, 0.3) is 11.7 Å². The van der Waals surface area contributed by atoms with Gasteiger partial charge in [-0.25, -0.2) is 14.4 Å². The number of H-pyrrole nitrogens is 1. The first-order valence-corrected chi connectivity index (χ1v) is 21.2. The molecule has 0 bridgehead atoms. The zero-order valence-corrected chi connectivity index (χ0v) is 35.3. The third-order valence-electron chi connectivity index (χ3n) is 12.9. The number of piperazine rings is 1. The third kappa shape index (κ3) is 6.67. The van der Waals surface area contributed by atoms with Crippen LogP contribution >= 0.6 is 0 Å². The largest absolute Gasteiger partial charge is 0.369 e. The summed E-state index contributed by atoms with van der Waals surface area (Å²) in [5, 5.41) is 10.7. The Kier molecular flexibility index (Phi) is 9.28. The molecule has 3 fully saturated rings. The van der Waals surface area contributed by atoms with Gasteiger partial charge in [0, 0.05) is 72.4 Å². The molecule has 0 radical (unpaired) electrons. The highest BCUT2D eigenvalue weighted by molar-refractivity contribution is 6.15. The van der Waals surface area contributed by atoms with Crippen LogP contribution in [0.5, 0.6) is 0 Å². The third-order valence-corrected chi connectivity index (χ3v) is 12.9. The van der Waals surface area contributed by atoms with E-state index in [1.165, 1.54) is 12.4 Å². The van der Waals surface area contributed by atoms with Crippen LogP contribution in [0.2, 0.25) is 0 Å². The van der Waals surface area contributed by atoms with Crippen LogP contribution in [-0.2, 0) is 31.8 Å². The number of imide groups is 1. The minimum absolute atomic E-state index is 0.0221. The maximum atomic E-state index is 16.1. The number of nitrogens with zero attached hydrogens (tertiary/aromatic N) is 7. The number of rotatable bonds is 8. The van der Waals surface area contributed by atoms with Gasteiger partial charge in [0.05, 0.1) is 22.5 Å². The Hall–Kier alpha value is -6.55. The van der Waals surface area contributed by atoms with Crippen molar-refractivity contribution in [3.63, 3.8) is 0 Å². The van der Waals surface area contributed by atoms with Gasteiger partial charge < -0.3 is 19.7 Å². The molecule has 15 nitrogen and oxygen atoms in total. The van der Waals surface area contributed by atoms with Gasteiger partial charge >= 0.3 is 0 Å². The molecule has 6 aromatic rings. The normalized spacial score (nSPS) is 19.4. The van der Waals surface area contributed by atoms with Crippen molar-refractivity contribution in [3.8, 4) is 11.3 Å². The Bertz CT molecular complexity index is 2850. The number of amides is 4. The van der Waals surface area contributed by atoms with Gasteiger partial charge in [0.1, 0.15) is 23.8 Å². The molecule has 4 amide bonds. The molecule has 3 aliphatic heterocycles. The van der Waals surface area contributed by atoms with Gasteiger partial charge in [-0.05, 0) is 85.7 Å². The van der Waals surface area contributed by atoms with Crippen molar-refractivity contribution in [1.29, 1.82) is 0 Å². The average molecular weight is 839 g/mol. The summed E-state index contributed by atoms with van der Waals surface area (Å²) in [6, 6.07) is 14.5. The lowest BCUT2D eigenvalue weighted by molar-refractivity contribution is -0.135. The first-order valence-electron chi connectivity index (χ1n) is 21.2. The van der Waals surface area contributed by atoms with E-state index in [1.807, 2.05) is 33.8 Å². The van der Waals surface area contributed by atoms with Gasteiger partial charge in [-0.1, -0.05) is 44.1 Å². The second-order valence-corrected chi connectivity index (χ2v) is 18.2. The Labute approximate surface area is 356 Å². The molecule has 16 heteroatoms. The van der Waals surface area contributed by atoms with E-state index >= 15 is 4.39 Å². The zero-order valence-electron chi connectivity index (χ0n) is 35.3. The predicted molar refractivity (Wildman–Crippen MR) is 229 cm³/mol. The van der Waals surface area contributed by atoms with Crippen LogP contribution in [0, 0.1) is 12.7 Å². The maximum absolute atomic E-state index is 16.1. The van der Waals surface area contributed by atoms with Crippen molar-refractivity contribution < 1.29 is 28.1 Å². The van der Waals surface area contributed by atoms with E-state index in [2.05, 4.69) is 75.9 Å². The maximum Gasteiger partial charge on any atom is 0.293 e. The Balaban J connectivity index is 0.834. The van der Waals surface area contributed by atoms with Crippen LogP contribution in [0.4, 0.5) is 15.8 Å². The van der Waals surface area contributed by atoms with Crippen molar-refractivity contribution in [2.45, 2.75) is 89.8 Å². The second-order valence-electron chi connectivity index (χ2n) is 18.2. The van der Waals surface area contributed by atoms with Crippen LogP contribution in [0.25, 0.3) is 33.2 Å². The molecular weight excluding hydrogens is 792 g/mol. The number of carbonyl (C=O) groups is 4. The smallest absolute Gasteiger partial charge is 0.293 e. The first kappa shape index (κ1) is 39.6. The number of nitrogens with one attached hydrogen (secondary N) is 3. The fourth-order valence-electron chi connectivity index (χ4n) is 9.42. The lowest BCUT2D eigenvalue weighted by Crippen LogP contribution is -2.54. The van der Waals surface area contributed by atoms with E-state index in [0.717, 1.165) is 83.4 Å². The standard InChI is InChI=1S/C46H47FN10O5/c1-24-18-30(32(47)21-29(24)25(2)50-42(60)40-53-43(62-54-40)45(3,4)5)38-37-28-8-7-27(20-33(28)51-39(37)49-23-48-38)56-16-14-55(15-17-56)22-26-6-9-31-35(19-26)57(44(61)46(31)12-13-46)34-10-11-36(58)52-41(34)59/h6-9,18-21,23,25,34H,10-17,22H2,1-5H3,(H,50,60)(H,48,49,51)(H,52,58,59)/t25-,34?/m1/s1. The minimum atomic E-state index is -0.674. The molecular formula is C46H47FN10O5. The van der Waals surface area contributed by atoms with Crippen LogP contribution in [0.15, 0.2) is 59.4 Å². The quantitative estimate of drug-likeness (QED) is 0.155. The number of aromatic amines is 1. The number of fused-ring (bicyclic) bond motifs is 5. The SMILES string of the molecule is Cc1cc(-c2ncnc3[nH]c4cc(N5CCN(Cc6ccc7c(c6)N(C6CCC(=O)NC6=O)C(=O)C76CC6)CC5)ccc4c23)c(F)cc1[C@@H](C)NC(=O)c1noc(C(C)(C)C)n1. The summed E-state index contributed by atoms with van der Waals surface area (Å²) < 4.78 is 21.4. The summed E-state index contributed by atoms with van der Waals surface area (Å²) >= 11 is 0. The van der Waals surface area contributed by atoms with Gasteiger partial charge in [0.2, 0.25) is 23.6 Å². The Morgan fingerprint density at radius 2 is 1.82 bits per heavy atom. The summed E-state index contributed by atoms with van der Waals surface area (Å²) in [6.07, 6.45) is 3.54. The number of hydrogen-bond acceptors (Lipinski definition) is 11. The van der Waals surface area contributed by atoms with Crippen molar-refractivity contribution in [2.24, 2.45) is 0 Å². The van der Waals surface area contributed by atoms with Crippen molar-refractivity contribution in [1.82, 2.24) is 40.6 Å². The molecule has 3 aromatic carbocycles. The van der Waals surface area contributed by atoms with Crippen LogP contribution in [0.1, 0.15) is 98.2 Å². The zero-order chi connectivity index (χ0) is 43.2. The molecule has 1 spiro atoms. The van der Waals surface area contributed by atoms with E-state index in [9.17, 15) is 19.2 Å². The van der Waals surface area contributed by atoms with E-state index in [0.29, 0.717) is 41.3 Å². The molecule has 1 aliphatic carbocycles. The predicted octanol–water partition coefficient (Wildman–Crippen LogP) is 5.90. The molecule has 6 heterocycles. The van der Waals surface area contributed by atoms with Gasteiger partial charge in [0.15, 0.2) is 0 Å². The highest BCUT2D eigenvalue weighted by Gasteiger charge is 2.61. The fourth-order valence-corrected chi connectivity index (χ4v) is 9.42. The number of halogens is 1. The van der Waals surface area contributed by atoms with E-state index in [4.69, 9.17) is 4.52 Å². The molecule has 3 aromatic heterocycles. The lowest BCUT2D eigenvalue weighted by Gasteiger charge is -2.36. The summed E-state index contributed by atoms with van der Waals surface area (Å²) in [4.78, 5) is 74.6. The molecule has 1 saturated carbocycles. The number of benzene rings is 3. The van der Waals surface area contributed by atoms with Gasteiger partial charge in [-0.15, -0.1) is 0 Å². The van der Waals surface area contributed by atoms with E-state index in [-0.39, 0.29) is 24.1 Å². The Morgan fingerprint density at radius 1 is 1.03 bits per heavy atom. The number of carbonyl (C=O) groups excluding carboxylic acids is 4.